The van der Waals surface area contributed by atoms with E-state index in [4.69, 9.17) is 23.2 Å². The van der Waals surface area contributed by atoms with Crippen molar-refractivity contribution in [2.24, 2.45) is 0 Å². The van der Waals surface area contributed by atoms with Crippen molar-refractivity contribution in [2.45, 2.75) is 18.9 Å². The summed E-state index contributed by atoms with van der Waals surface area (Å²) in [5.41, 5.74) is 2.14. The van der Waals surface area contributed by atoms with Gasteiger partial charge in [-0.25, -0.2) is 9.59 Å². The average Bonchev–Trinajstić information content (AvgIpc) is 2.98. The molecule has 0 spiro atoms. The number of anilines is 1. The Morgan fingerprint density at radius 2 is 1.70 bits per heavy atom. The number of hydrogen-bond donors (Lipinski definition) is 2. The molecule has 0 atom stereocenters. The zero-order valence-corrected chi connectivity index (χ0v) is 15.9. The normalized spacial score (nSPS) is 15.3. The number of amides is 2. The second kappa shape index (κ2) is 7.29. The van der Waals surface area contributed by atoms with Gasteiger partial charge in [-0.2, -0.15) is 0 Å². The number of carbonyl (C=O) groups is 1. The van der Waals surface area contributed by atoms with E-state index in [0.29, 0.717) is 41.7 Å². The van der Waals surface area contributed by atoms with E-state index in [0.717, 1.165) is 11.0 Å². The molecule has 1 saturated heterocycles. The Morgan fingerprint density at radius 1 is 1.04 bits per heavy atom. The molecule has 1 aromatic heterocycles. The van der Waals surface area contributed by atoms with Gasteiger partial charge in [-0.1, -0.05) is 23.2 Å². The van der Waals surface area contributed by atoms with E-state index >= 15 is 0 Å². The van der Waals surface area contributed by atoms with Crippen molar-refractivity contribution in [1.82, 2.24) is 14.5 Å². The molecule has 0 aliphatic carbocycles. The maximum Gasteiger partial charge on any atom is 0.326 e. The number of fused-ring (bicyclic) bond motifs is 1. The Morgan fingerprint density at radius 3 is 2.41 bits per heavy atom. The van der Waals surface area contributed by atoms with Gasteiger partial charge in [0.05, 0.1) is 11.0 Å². The van der Waals surface area contributed by atoms with Crippen LogP contribution in [-0.4, -0.2) is 33.6 Å². The van der Waals surface area contributed by atoms with Crippen molar-refractivity contribution < 1.29 is 4.79 Å². The molecular weight excluding hydrogens is 387 g/mol. The van der Waals surface area contributed by atoms with Crippen LogP contribution >= 0.6 is 23.2 Å². The van der Waals surface area contributed by atoms with Gasteiger partial charge < -0.3 is 15.2 Å². The number of nitrogens with zero attached hydrogens (tertiary/aromatic N) is 2. The number of aromatic amines is 1. The lowest BCUT2D eigenvalue weighted by atomic mass is 10.0. The summed E-state index contributed by atoms with van der Waals surface area (Å²) in [7, 11) is 0. The first-order chi connectivity index (χ1) is 13.0. The van der Waals surface area contributed by atoms with Crippen LogP contribution in [0.15, 0.2) is 47.3 Å². The van der Waals surface area contributed by atoms with Gasteiger partial charge in [-0.15, -0.1) is 0 Å². The van der Waals surface area contributed by atoms with Crippen LogP contribution in [-0.2, 0) is 0 Å². The number of H-pyrrole nitrogens is 1. The monoisotopic (exact) mass is 404 g/mol. The second-order valence-electron chi connectivity index (χ2n) is 6.62. The van der Waals surface area contributed by atoms with Crippen LogP contribution in [0.3, 0.4) is 0 Å². The van der Waals surface area contributed by atoms with Crippen LogP contribution < -0.4 is 11.0 Å². The highest BCUT2D eigenvalue weighted by Crippen LogP contribution is 2.26. The fraction of sp³-hybridized carbons (Fsp3) is 0.263. The van der Waals surface area contributed by atoms with E-state index in [1.165, 1.54) is 0 Å². The summed E-state index contributed by atoms with van der Waals surface area (Å²) in [6.45, 7) is 1.16. The molecule has 0 saturated carbocycles. The smallest absolute Gasteiger partial charge is 0.324 e. The third-order valence-electron chi connectivity index (χ3n) is 4.89. The summed E-state index contributed by atoms with van der Waals surface area (Å²) in [6.07, 6.45) is 1.42. The van der Waals surface area contributed by atoms with Crippen molar-refractivity contribution in [3.8, 4) is 0 Å². The lowest BCUT2D eigenvalue weighted by Gasteiger charge is -2.32. The fourth-order valence-electron chi connectivity index (χ4n) is 3.53. The predicted molar refractivity (Wildman–Crippen MR) is 108 cm³/mol. The number of halogens is 2. The molecule has 0 unspecified atom stereocenters. The van der Waals surface area contributed by atoms with Gasteiger partial charge in [-0.3, -0.25) is 4.57 Å². The molecule has 2 amide bonds. The molecule has 2 heterocycles. The minimum absolute atomic E-state index is 0.0482. The summed E-state index contributed by atoms with van der Waals surface area (Å²) in [5, 5.41) is 4.09. The molecular formula is C19H18Cl2N4O2. The Labute approximate surface area is 165 Å². The summed E-state index contributed by atoms with van der Waals surface area (Å²) in [6, 6.07) is 12.3. The van der Waals surface area contributed by atoms with E-state index in [2.05, 4.69) is 10.3 Å². The Hall–Kier alpha value is -2.44. The number of likely N-dealkylation sites (tertiary alicyclic amines) is 1. The molecule has 6 nitrogen and oxygen atoms in total. The van der Waals surface area contributed by atoms with Crippen LogP contribution in [0.25, 0.3) is 11.0 Å². The van der Waals surface area contributed by atoms with E-state index in [9.17, 15) is 9.59 Å². The van der Waals surface area contributed by atoms with Crippen molar-refractivity contribution >= 4 is 46.0 Å². The number of carbonyl (C=O) groups excluding carboxylic acids is 1. The third kappa shape index (κ3) is 3.68. The topological polar surface area (TPSA) is 70.1 Å². The number of nitrogens with one attached hydrogen (secondary N) is 2. The SMILES string of the molecule is O=C(Nc1ccc(Cl)cc1)N1CCC(n2c(=O)[nH]c3cc(Cl)ccc32)CC1. The summed E-state index contributed by atoms with van der Waals surface area (Å²) in [5.74, 6) is 0. The first kappa shape index (κ1) is 17.9. The van der Waals surface area contributed by atoms with Gasteiger partial charge in [0.25, 0.3) is 0 Å². The predicted octanol–water partition coefficient (Wildman–Crippen LogP) is 4.51. The lowest BCUT2D eigenvalue weighted by molar-refractivity contribution is 0.184. The van der Waals surface area contributed by atoms with E-state index in [1.807, 2.05) is 6.07 Å². The largest absolute Gasteiger partial charge is 0.326 e. The third-order valence-corrected chi connectivity index (χ3v) is 5.38. The van der Waals surface area contributed by atoms with Crippen molar-refractivity contribution in [3.05, 3.63) is 63.0 Å². The quantitative estimate of drug-likeness (QED) is 0.659. The molecule has 1 aliphatic rings. The molecule has 8 heteroatoms. The van der Waals surface area contributed by atoms with Gasteiger partial charge in [0.2, 0.25) is 0 Å². The minimum Gasteiger partial charge on any atom is -0.324 e. The molecule has 2 N–H and O–H groups in total. The van der Waals surface area contributed by atoms with E-state index in [1.54, 1.807) is 45.9 Å². The summed E-state index contributed by atoms with van der Waals surface area (Å²) < 4.78 is 1.78. The van der Waals surface area contributed by atoms with Crippen LogP contribution in [0.1, 0.15) is 18.9 Å². The molecule has 1 fully saturated rings. The van der Waals surface area contributed by atoms with E-state index in [-0.39, 0.29) is 17.8 Å². The highest BCUT2D eigenvalue weighted by Gasteiger charge is 2.26. The molecule has 2 aromatic carbocycles. The van der Waals surface area contributed by atoms with Crippen LogP contribution in [0.2, 0.25) is 10.0 Å². The van der Waals surface area contributed by atoms with Gasteiger partial charge in [-0.05, 0) is 55.3 Å². The van der Waals surface area contributed by atoms with Gasteiger partial charge in [0.15, 0.2) is 0 Å². The van der Waals surface area contributed by atoms with Crippen LogP contribution in [0.5, 0.6) is 0 Å². The van der Waals surface area contributed by atoms with E-state index < -0.39 is 0 Å². The highest BCUT2D eigenvalue weighted by atomic mass is 35.5. The Balaban J connectivity index is 1.44. The maximum atomic E-state index is 12.5. The Bertz CT molecular complexity index is 1030. The average molecular weight is 405 g/mol. The summed E-state index contributed by atoms with van der Waals surface area (Å²) >= 11 is 11.9. The highest BCUT2D eigenvalue weighted by molar-refractivity contribution is 6.31. The number of rotatable bonds is 2. The van der Waals surface area contributed by atoms with Crippen molar-refractivity contribution in [3.63, 3.8) is 0 Å². The van der Waals surface area contributed by atoms with Crippen LogP contribution in [0, 0.1) is 0 Å². The second-order valence-corrected chi connectivity index (χ2v) is 7.49. The minimum atomic E-state index is -0.145. The molecule has 140 valence electrons. The first-order valence-electron chi connectivity index (χ1n) is 8.72. The van der Waals surface area contributed by atoms with Gasteiger partial charge in [0, 0.05) is 34.9 Å². The molecule has 0 radical (unpaired) electrons. The number of urea groups is 1. The van der Waals surface area contributed by atoms with Gasteiger partial charge >= 0.3 is 11.7 Å². The zero-order chi connectivity index (χ0) is 19.0. The molecule has 27 heavy (non-hydrogen) atoms. The maximum absolute atomic E-state index is 12.5. The molecule has 1 aliphatic heterocycles. The molecule has 4 rings (SSSR count). The number of piperidine rings is 1. The standard InChI is InChI=1S/C19H18Cl2N4O2/c20-12-1-4-14(5-2-12)22-18(26)24-9-7-15(8-10-24)25-17-6-3-13(21)11-16(17)23-19(25)27/h1-6,11,15H,7-10H2,(H,22,26)(H,23,27). The first-order valence-corrected chi connectivity index (χ1v) is 9.48. The van der Waals surface area contributed by atoms with Crippen molar-refractivity contribution in [2.75, 3.05) is 18.4 Å². The number of hydrogen-bond acceptors (Lipinski definition) is 2. The summed E-state index contributed by atoms with van der Waals surface area (Å²) in [4.78, 5) is 29.5. The lowest BCUT2D eigenvalue weighted by Crippen LogP contribution is -2.42. The van der Waals surface area contributed by atoms with Gasteiger partial charge in [0.1, 0.15) is 0 Å². The molecule has 3 aromatic rings. The van der Waals surface area contributed by atoms with Crippen molar-refractivity contribution in [1.29, 1.82) is 0 Å². The van der Waals surface area contributed by atoms with Crippen LogP contribution in [0.4, 0.5) is 10.5 Å². The number of benzene rings is 2. The zero-order valence-electron chi connectivity index (χ0n) is 14.4. The number of imidazole rings is 1. The fourth-order valence-corrected chi connectivity index (χ4v) is 3.83. The number of aromatic nitrogens is 2. The Kier molecular flexibility index (Phi) is 4.85. The molecule has 0 bridgehead atoms.